The van der Waals surface area contributed by atoms with Crippen molar-refractivity contribution in [1.82, 2.24) is 4.90 Å². The maximum Gasteiger partial charge on any atom is 0.250 e. The molecule has 6 rings (SSSR count). The van der Waals surface area contributed by atoms with Crippen molar-refractivity contribution in [2.24, 2.45) is 11.8 Å². The van der Waals surface area contributed by atoms with Crippen LogP contribution in [0.1, 0.15) is 29.5 Å². The lowest BCUT2D eigenvalue weighted by Gasteiger charge is -2.37. The summed E-state index contributed by atoms with van der Waals surface area (Å²) >= 11 is 12.5. The highest BCUT2D eigenvalue weighted by Crippen LogP contribution is 2.61. The summed E-state index contributed by atoms with van der Waals surface area (Å²) in [6.07, 6.45) is 1.65. The Bertz CT molecular complexity index is 1250. The highest BCUT2D eigenvalue weighted by molar-refractivity contribution is 6.38. The van der Waals surface area contributed by atoms with Gasteiger partial charge in [0.25, 0.3) is 0 Å². The van der Waals surface area contributed by atoms with Gasteiger partial charge in [-0.1, -0.05) is 40.9 Å². The van der Waals surface area contributed by atoms with E-state index in [1.165, 1.54) is 6.07 Å². The lowest BCUT2D eigenvalue weighted by atomic mass is 9.75. The number of imide groups is 1. The second-order valence-corrected chi connectivity index (χ2v) is 10.1. The van der Waals surface area contributed by atoms with Crippen molar-refractivity contribution >= 4 is 52.3 Å². The van der Waals surface area contributed by atoms with Crippen LogP contribution >= 0.6 is 23.2 Å². The molecule has 2 aromatic rings. The van der Waals surface area contributed by atoms with Crippen molar-refractivity contribution in [1.29, 1.82) is 0 Å². The number of hydrogen-bond donors (Lipinski definition) is 1. The fourth-order valence-electron chi connectivity index (χ4n) is 6.55. The Morgan fingerprint density at radius 3 is 2.62 bits per heavy atom. The summed E-state index contributed by atoms with van der Waals surface area (Å²) < 4.78 is 0. The van der Waals surface area contributed by atoms with Gasteiger partial charge in [0.15, 0.2) is 0 Å². The first kappa shape index (κ1) is 20.2. The summed E-state index contributed by atoms with van der Waals surface area (Å²) in [7, 11) is 0. The molecule has 6 nitrogen and oxygen atoms in total. The predicted molar refractivity (Wildman–Crippen MR) is 122 cm³/mol. The Kier molecular flexibility index (Phi) is 4.15. The molecule has 4 atom stereocenters. The molecule has 1 N–H and O–H groups in total. The molecule has 0 aliphatic carbocycles. The molecule has 0 saturated carbocycles. The Labute approximate surface area is 195 Å². The van der Waals surface area contributed by atoms with Gasteiger partial charge in [0.2, 0.25) is 17.7 Å². The highest BCUT2D eigenvalue weighted by atomic mass is 35.5. The maximum atomic E-state index is 14.0. The van der Waals surface area contributed by atoms with Gasteiger partial charge >= 0.3 is 0 Å². The van der Waals surface area contributed by atoms with Crippen molar-refractivity contribution in [3.8, 4) is 0 Å². The van der Waals surface area contributed by atoms with Crippen LogP contribution < -0.4 is 10.2 Å². The first-order valence-electron chi connectivity index (χ1n) is 10.8. The third kappa shape index (κ3) is 2.28. The van der Waals surface area contributed by atoms with E-state index in [2.05, 4.69) is 10.2 Å². The van der Waals surface area contributed by atoms with Crippen molar-refractivity contribution < 1.29 is 14.4 Å². The van der Waals surface area contributed by atoms with Crippen molar-refractivity contribution in [2.75, 3.05) is 16.8 Å². The van der Waals surface area contributed by atoms with Crippen LogP contribution in [-0.4, -0.2) is 35.2 Å². The van der Waals surface area contributed by atoms with Crippen LogP contribution in [0.3, 0.4) is 0 Å². The number of aryl methyl sites for hydroxylation is 2. The Morgan fingerprint density at radius 2 is 1.84 bits per heavy atom. The maximum absolute atomic E-state index is 14.0. The highest BCUT2D eigenvalue weighted by Gasteiger charge is 2.74. The second-order valence-electron chi connectivity index (χ2n) is 9.24. The quantitative estimate of drug-likeness (QED) is 0.639. The zero-order valence-electron chi connectivity index (χ0n) is 17.6. The van der Waals surface area contributed by atoms with Crippen LogP contribution in [-0.2, 0) is 19.9 Å². The van der Waals surface area contributed by atoms with Crippen LogP contribution in [0, 0.1) is 25.7 Å². The molecule has 2 aromatic carbocycles. The molecular weight excluding hydrogens is 449 g/mol. The smallest absolute Gasteiger partial charge is 0.250 e. The van der Waals surface area contributed by atoms with E-state index in [0.717, 1.165) is 40.1 Å². The second kappa shape index (κ2) is 6.56. The first-order valence-corrected chi connectivity index (χ1v) is 11.5. The lowest BCUT2D eigenvalue weighted by molar-refractivity contribution is -0.135. The SMILES string of the molecule is Cc1cc(C)c2c(c1)[C@]1(C(=O)N2)[C@@H]2C(=O)N(c3cc(Cl)ccc3Cl)C(=O)[C@@H]2[C@@H]2CCCN21. The van der Waals surface area contributed by atoms with Crippen molar-refractivity contribution in [3.63, 3.8) is 0 Å². The fraction of sp³-hybridized carbons (Fsp3) is 0.375. The van der Waals surface area contributed by atoms with E-state index in [1.54, 1.807) is 12.1 Å². The minimum Gasteiger partial charge on any atom is -0.324 e. The van der Waals surface area contributed by atoms with Gasteiger partial charge in [0.05, 0.1) is 22.5 Å². The number of carbonyl (C=O) groups is 3. The Balaban J connectivity index is 1.59. The van der Waals surface area contributed by atoms with E-state index >= 15 is 0 Å². The fourth-order valence-corrected chi connectivity index (χ4v) is 6.92. The van der Waals surface area contributed by atoms with Gasteiger partial charge < -0.3 is 5.32 Å². The van der Waals surface area contributed by atoms with E-state index < -0.39 is 17.4 Å². The molecule has 3 saturated heterocycles. The summed E-state index contributed by atoms with van der Waals surface area (Å²) in [6, 6.07) is 8.58. The summed E-state index contributed by atoms with van der Waals surface area (Å²) in [6.45, 7) is 4.62. The number of fused-ring (bicyclic) bond motifs is 7. The van der Waals surface area contributed by atoms with Gasteiger partial charge in [0.1, 0.15) is 5.54 Å². The molecule has 3 fully saturated rings. The van der Waals surface area contributed by atoms with E-state index in [9.17, 15) is 14.4 Å². The third-order valence-electron chi connectivity index (χ3n) is 7.59. The van der Waals surface area contributed by atoms with Crippen LogP contribution in [0.2, 0.25) is 10.0 Å². The molecule has 8 heteroatoms. The number of nitrogens with zero attached hydrogens (tertiary/aromatic N) is 2. The number of amides is 3. The zero-order valence-corrected chi connectivity index (χ0v) is 19.1. The average molecular weight is 470 g/mol. The number of halogens is 2. The summed E-state index contributed by atoms with van der Waals surface area (Å²) in [5.41, 5.74) is 2.62. The third-order valence-corrected chi connectivity index (χ3v) is 8.15. The standard InChI is InChI=1S/C24H21Cl2N3O3/c1-11-8-12(2)20-14(9-11)24(23(32)27-20)19-18(16-4-3-7-28(16)24)21(30)29(22(19)31)17-10-13(25)5-6-15(17)26/h5-6,8-10,16,18-19H,3-4,7H2,1-2H3,(H,27,32)/t16-,18+,19-,24+/m0/s1. The van der Waals surface area contributed by atoms with Gasteiger partial charge in [-0.25, -0.2) is 4.90 Å². The minimum atomic E-state index is -1.19. The number of nitrogens with one attached hydrogen (secondary N) is 1. The van der Waals surface area contributed by atoms with E-state index in [-0.39, 0.29) is 34.5 Å². The zero-order chi connectivity index (χ0) is 22.5. The van der Waals surface area contributed by atoms with Gasteiger partial charge in [-0.05, 0) is 57.0 Å². The van der Waals surface area contributed by atoms with Gasteiger partial charge in [0, 0.05) is 22.3 Å². The Hall–Kier alpha value is -2.41. The van der Waals surface area contributed by atoms with Crippen molar-refractivity contribution in [2.45, 2.75) is 38.3 Å². The molecular formula is C24H21Cl2N3O3. The summed E-state index contributed by atoms with van der Waals surface area (Å²) in [5.74, 6) is -2.32. The van der Waals surface area contributed by atoms with Crippen LogP contribution in [0.25, 0.3) is 0 Å². The number of benzene rings is 2. The van der Waals surface area contributed by atoms with Gasteiger partial charge in [-0.15, -0.1) is 0 Å². The molecule has 164 valence electrons. The molecule has 32 heavy (non-hydrogen) atoms. The monoisotopic (exact) mass is 469 g/mol. The van der Waals surface area contributed by atoms with E-state index in [0.29, 0.717) is 11.6 Å². The normalized spacial score (nSPS) is 30.8. The number of carbonyl (C=O) groups excluding carboxylic acids is 3. The van der Waals surface area contributed by atoms with E-state index in [1.807, 2.05) is 26.0 Å². The topological polar surface area (TPSA) is 69.7 Å². The van der Waals surface area contributed by atoms with Gasteiger partial charge in [-0.2, -0.15) is 0 Å². The summed E-state index contributed by atoms with van der Waals surface area (Å²) in [4.78, 5) is 44.7. The molecule has 4 aliphatic heterocycles. The van der Waals surface area contributed by atoms with Crippen molar-refractivity contribution in [3.05, 3.63) is 57.1 Å². The molecule has 0 bridgehead atoms. The largest absolute Gasteiger partial charge is 0.324 e. The van der Waals surface area contributed by atoms with Crippen LogP contribution in [0.15, 0.2) is 30.3 Å². The summed E-state index contributed by atoms with van der Waals surface area (Å²) in [5, 5.41) is 3.71. The molecule has 4 aliphatic rings. The molecule has 0 aromatic heterocycles. The molecule has 1 spiro atoms. The first-order chi connectivity index (χ1) is 15.3. The number of rotatable bonds is 1. The van der Waals surface area contributed by atoms with Crippen LogP contribution in [0.5, 0.6) is 0 Å². The van der Waals surface area contributed by atoms with Gasteiger partial charge in [-0.3, -0.25) is 19.3 Å². The average Bonchev–Trinajstić information content (AvgIpc) is 3.43. The molecule has 4 heterocycles. The predicted octanol–water partition coefficient (Wildman–Crippen LogP) is 4.04. The number of anilines is 2. The lowest BCUT2D eigenvalue weighted by Crippen LogP contribution is -2.54. The van der Waals surface area contributed by atoms with E-state index in [4.69, 9.17) is 23.2 Å². The van der Waals surface area contributed by atoms with Crippen LogP contribution in [0.4, 0.5) is 11.4 Å². The molecule has 0 unspecified atom stereocenters. The number of hydrogen-bond acceptors (Lipinski definition) is 4. The molecule has 3 amide bonds. The minimum absolute atomic E-state index is 0.170. The Morgan fingerprint density at radius 1 is 1.06 bits per heavy atom. The molecule has 0 radical (unpaired) electrons.